The number of methoxy groups -OCH3 is 2. The summed E-state index contributed by atoms with van der Waals surface area (Å²) in [6, 6.07) is 3.09. The Morgan fingerprint density at radius 1 is 1.21 bits per heavy atom. The van der Waals surface area contributed by atoms with Crippen molar-refractivity contribution in [1.82, 2.24) is 5.32 Å². The topological polar surface area (TPSA) is 84.9 Å². The van der Waals surface area contributed by atoms with Crippen LogP contribution in [0.1, 0.15) is 5.56 Å². The number of benzene rings is 1. The summed E-state index contributed by atoms with van der Waals surface area (Å²) in [5, 5.41) is 11.5. The number of thioether (sulfide) groups is 1. The van der Waals surface area contributed by atoms with Crippen LogP contribution in [-0.4, -0.2) is 30.5 Å². The van der Waals surface area contributed by atoms with Crippen molar-refractivity contribution in [3.05, 3.63) is 22.6 Å². The van der Waals surface area contributed by atoms with E-state index in [1.165, 1.54) is 20.3 Å². The quantitative estimate of drug-likeness (QED) is 0.821. The van der Waals surface area contributed by atoms with E-state index in [1.54, 1.807) is 12.1 Å². The number of aromatic hydroxyl groups is 1. The molecule has 1 aromatic rings. The molecule has 1 aliphatic heterocycles. The van der Waals surface area contributed by atoms with Crippen LogP contribution in [-0.2, 0) is 4.79 Å². The van der Waals surface area contributed by atoms with Crippen molar-refractivity contribution in [2.45, 2.75) is 0 Å². The number of carbonyl (C=O) groups is 2. The van der Waals surface area contributed by atoms with Gasteiger partial charge in [-0.15, -0.1) is 0 Å². The lowest BCUT2D eigenvalue weighted by Crippen LogP contribution is -2.17. The Bertz CT molecular complexity index is 556. The molecule has 2 amide bonds. The molecule has 7 heteroatoms. The van der Waals surface area contributed by atoms with E-state index in [2.05, 4.69) is 5.32 Å². The van der Waals surface area contributed by atoms with Crippen LogP contribution in [0, 0.1) is 0 Å². The van der Waals surface area contributed by atoms with Crippen LogP contribution < -0.4 is 14.8 Å². The highest BCUT2D eigenvalue weighted by Gasteiger charge is 2.25. The van der Waals surface area contributed by atoms with Gasteiger partial charge in [-0.05, 0) is 35.5 Å². The molecule has 0 saturated carbocycles. The minimum absolute atomic E-state index is 0.119. The van der Waals surface area contributed by atoms with Gasteiger partial charge in [0.05, 0.1) is 19.1 Å². The zero-order valence-electron chi connectivity index (χ0n) is 10.2. The molecule has 19 heavy (non-hydrogen) atoms. The summed E-state index contributed by atoms with van der Waals surface area (Å²) >= 11 is 0.817. The number of rotatable bonds is 3. The van der Waals surface area contributed by atoms with Gasteiger partial charge >= 0.3 is 0 Å². The second-order valence-electron chi connectivity index (χ2n) is 3.63. The number of ether oxygens (including phenoxy) is 2. The van der Waals surface area contributed by atoms with Crippen molar-refractivity contribution in [2.75, 3.05) is 14.2 Å². The number of nitrogens with one attached hydrogen (secondary N) is 1. The maximum absolute atomic E-state index is 11.4. The van der Waals surface area contributed by atoms with E-state index in [0.717, 1.165) is 11.8 Å². The van der Waals surface area contributed by atoms with Crippen LogP contribution in [0.3, 0.4) is 0 Å². The molecule has 1 heterocycles. The highest BCUT2D eigenvalue weighted by molar-refractivity contribution is 8.18. The Balaban J connectivity index is 2.43. The molecule has 1 saturated heterocycles. The fourth-order valence-electron chi connectivity index (χ4n) is 1.57. The molecular formula is C12H11NO5S. The zero-order valence-corrected chi connectivity index (χ0v) is 11.0. The molecule has 0 unspecified atom stereocenters. The number of hydrogen-bond acceptors (Lipinski definition) is 6. The summed E-state index contributed by atoms with van der Waals surface area (Å²) in [6.45, 7) is 0. The molecule has 0 aliphatic carbocycles. The monoisotopic (exact) mass is 281 g/mol. The molecule has 100 valence electrons. The van der Waals surface area contributed by atoms with E-state index in [1.807, 2.05) is 0 Å². The maximum atomic E-state index is 11.4. The van der Waals surface area contributed by atoms with Gasteiger partial charge in [-0.2, -0.15) is 0 Å². The third-order valence-electron chi connectivity index (χ3n) is 2.44. The number of amides is 2. The Labute approximate surface area is 113 Å². The SMILES string of the molecule is COc1cc(/C=C2/SC(=O)NC2=O)cc(OC)c1O. The fourth-order valence-corrected chi connectivity index (χ4v) is 2.25. The number of hydrogen-bond donors (Lipinski definition) is 2. The van der Waals surface area contributed by atoms with Gasteiger partial charge in [0, 0.05) is 0 Å². The highest BCUT2D eigenvalue weighted by Crippen LogP contribution is 2.38. The molecule has 0 atom stereocenters. The van der Waals surface area contributed by atoms with Crippen molar-refractivity contribution in [3.63, 3.8) is 0 Å². The van der Waals surface area contributed by atoms with Gasteiger partial charge in [-0.3, -0.25) is 14.9 Å². The lowest BCUT2D eigenvalue weighted by molar-refractivity contribution is -0.115. The molecule has 1 aliphatic rings. The summed E-state index contributed by atoms with van der Waals surface area (Å²) in [6.07, 6.45) is 1.52. The number of imide groups is 1. The first-order valence-corrected chi connectivity index (χ1v) is 6.06. The van der Waals surface area contributed by atoms with Crippen LogP contribution in [0.5, 0.6) is 17.2 Å². The molecule has 2 N–H and O–H groups in total. The van der Waals surface area contributed by atoms with Gasteiger partial charge in [0.2, 0.25) is 5.75 Å². The molecule has 0 aromatic heterocycles. The van der Waals surface area contributed by atoms with Crippen molar-refractivity contribution in [2.24, 2.45) is 0 Å². The molecule has 0 radical (unpaired) electrons. The molecule has 0 spiro atoms. The average Bonchev–Trinajstić information content (AvgIpc) is 2.69. The summed E-state index contributed by atoms with van der Waals surface area (Å²) < 4.78 is 10.0. The van der Waals surface area contributed by atoms with Crippen LogP contribution in [0.4, 0.5) is 4.79 Å². The lowest BCUT2D eigenvalue weighted by Gasteiger charge is -2.09. The normalized spacial score (nSPS) is 16.6. The Morgan fingerprint density at radius 2 is 1.79 bits per heavy atom. The molecule has 1 aromatic carbocycles. The van der Waals surface area contributed by atoms with Crippen LogP contribution in [0.25, 0.3) is 6.08 Å². The zero-order chi connectivity index (χ0) is 14.0. The smallest absolute Gasteiger partial charge is 0.290 e. The van der Waals surface area contributed by atoms with E-state index in [4.69, 9.17) is 9.47 Å². The number of phenolic OH excluding ortho intramolecular Hbond substituents is 1. The number of carbonyl (C=O) groups excluding carboxylic acids is 2. The first-order valence-electron chi connectivity index (χ1n) is 5.25. The Kier molecular flexibility index (Phi) is 3.66. The fraction of sp³-hybridized carbons (Fsp3) is 0.167. The van der Waals surface area contributed by atoms with Crippen molar-refractivity contribution < 1.29 is 24.2 Å². The minimum Gasteiger partial charge on any atom is -0.502 e. The van der Waals surface area contributed by atoms with E-state index < -0.39 is 11.1 Å². The third-order valence-corrected chi connectivity index (χ3v) is 3.25. The van der Waals surface area contributed by atoms with Crippen molar-refractivity contribution in [1.29, 1.82) is 0 Å². The van der Waals surface area contributed by atoms with Crippen LogP contribution in [0.15, 0.2) is 17.0 Å². The first-order chi connectivity index (χ1) is 9.05. The van der Waals surface area contributed by atoms with Crippen molar-refractivity contribution >= 4 is 29.0 Å². The van der Waals surface area contributed by atoms with Gasteiger partial charge in [0.1, 0.15) is 0 Å². The average molecular weight is 281 g/mol. The van der Waals surface area contributed by atoms with Crippen LogP contribution >= 0.6 is 11.8 Å². The number of phenols is 1. The maximum Gasteiger partial charge on any atom is 0.290 e. The summed E-state index contributed by atoms with van der Waals surface area (Å²) in [5.41, 5.74) is 0.582. The van der Waals surface area contributed by atoms with Gasteiger partial charge in [0.15, 0.2) is 11.5 Å². The summed E-state index contributed by atoms with van der Waals surface area (Å²) in [7, 11) is 2.82. The summed E-state index contributed by atoms with van der Waals surface area (Å²) in [4.78, 5) is 22.8. The first kappa shape index (κ1) is 13.3. The largest absolute Gasteiger partial charge is 0.502 e. The van der Waals surface area contributed by atoms with E-state index in [9.17, 15) is 14.7 Å². The molecule has 2 rings (SSSR count). The molecular weight excluding hydrogens is 270 g/mol. The van der Waals surface area contributed by atoms with E-state index >= 15 is 0 Å². The minimum atomic E-state index is -0.444. The Morgan fingerprint density at radius 3 is 2.21 bits per heavy atom. The second kappa shape index (κ2) is 5.23. The van der Waals surface area contributed by atoms with E-state index in [-0.39, 0.29) is 22.2 Å². The van der Waals surface area contributed by atoms with Gasteiger partial charge in [-0.25, -0.2) is 0 Å². The molecule has 0 bridgehead atoms. The molecule has 1 fully saturated rings. The predicted octanol–water partition coefficient (Wildman–Crippen LogP) is 1.73. The van der Waals surface area contributed by atoms with Crippen molar-refractivity contribution in [3.8, 4) is 17.2 Å². The Hall–Kier alpha value is -2.15. The van der Waals surface area contributed by atoms with E-state index in [0.29, 0.717) is 5.56 Å². The standard InChI is InChI=1S/C12H11NO5S/c1-17-7-3-6(4-8(18-2)10(7)14)5-9-11(15)13-12(16)19-9/h3-5,14H,1-2H3,(H,13,15,16)/b9-5+. The van der Waals surface area contributed by atoms with Gasteiger partial charge in [0.25, 0.3) is 11.1 Å². The van der Waals surface area contributed by atoms with Gasteiger partial charge in [-0.1, -0.05) is 0 Å². The predicted molar refractivity (Wildman–Crippen MR) is 70.3 cm³/mol. The molecule has 6 nitrogen and oxygen atoms in total. The van der Waals surface area contributed by atoms with Crippen LogP contribution in [0.2, 0.25) is 0 Å². The second-order valence-corrected chi connectivity index (χ2v) is 4.64. The van der Waals surface area contributed by atoms with Gasteiger partial charge < -0.3 is 14.6 Å². The highest BCUT2D eigenvalue weighted by atomic mass is 32.2. The summed E-state index contributed by atoms with van der Waals surface area (Å²) in [5.74, 6) is -0.116. The lowest BCUT2D eigenvalue weighted by atomic mass is 10.1. The third kappa shape index (κ3) is 2.65.